The summed E-state index contributed by atoms with van der Waals surface area (Å²) in [7, 11) is 1.59. The van der Waals surface area contributed by atoms with Crippen molar-refractivity contribution in [3.8, 4) is 11.5 Å². The molecule has 4 heteroatoms. The monoisotopic (exact) mass is 372 g/mol. The number of rotatable bonds is 6. The largest absolute Gasteiger partial charge is 0.496 e. The Morgan fingerprint density at radius 3 is 2.25 bits per heavy atom. The lowest BCUT2D eigenvalue weighted by molar-refractivity contribution is 0.0734. The lowest BCUT2D eigenvalue weighted by Gasteiger charge is -2.07. The number of carbonyl (C=O) groups excluding carboxylic acids is 2. The second-order valence-corrected chi connectivity index (χ2v) is 6.17. The number of esters is 1. The van der Waals surface area contributed by atoms with E-state index in [2.05, 4.69) is 0 Å². The number of hydrogen-bond donors (Lipinski definition) is 0. The van der Waals surface area contributed by atoms with Crippen LogP contribution in [0.3, 0.4) is 0 Å². The number of methoxy groups -OCH3 is 1. The molecule has 0 saturated carbocycles. The van der Waals surface area contributed by atoms with Crippen molar-refractivity contribution in [2.45, 2.75) is 6.92 Å². The molecule has 0 aliphatic heterocycles. The van der Waals surface area contributed by atoms with Crippen LogP contribution in [0, 0.1) is 6.92 Å². The number of ketones is 1. The third-order valence-electron chi connectivity index (χ3n) is 4.27. The Hall–Kier alpha value is -3.66. The maximum atomic E-state index is 12.4. The van der Waals surface area contributed by atoms with Crippen molar-refractivity contribution >= 4 is 17.8 Å². The lowest BCUT2D eigenvalue weighted by Crippen LogP contribution is -2.10. The molecule has 28 heavy (non-hydrogen) atoms. The molecule has 0 unspecified atom stereocenters. The van der Waals surface area contributed by atoms with Crippen molar-refractivity contribution in [2.24, 2.45) is 0 Å². The van der Waals surface area contributed by atoms with Crippen LogP contribution < -0.4 is 9.47 Å². The first kappa shape index (κ1) is 19.1. The highest BCUT2D eigenvalue weighted by Crippen LogP contribution is 2.20. The normalized spacial score (nSPS) is 10.6. The molecule has 0 aromatic heterocycles. The van der Waals surface area contributed by atoms with E-state index in [4.69, 9.17) is 9.47 Å². The highest BCUT2D eigenvalue weighted by atomic mass is 16.5. The average molecular weight is 372 g/mol. The van der Waals surface area contributed by atoms with Gasteiger partial charge in [0.15, 0.2) is 5.78 Å². The third kappa shape index (κ3) is 4.54. The van der Waals surface area contributed by atoms with E-state index in [9.17, 15) is 9.59 Å². The Labute approximate surface area is 164 Å². The quantitative estimate of drug-likeness (QED) is 0.261. The van der Waals surface area contributed by atoms with Gasteiger partial charge in [-0.25, -0.2) is 4.79 Å². The number of para-hydroxylation sites is 1. The summed E-state index contributed by atoms with van der Waals surface area (Å²) in [4.78, 5) is 24.6. The van der Waals surface area contributed by atoms with Gasteiger partial charge in [0.25, 0.3) is 0 Å². The summed E-state index contributed by atoms with van der Waals surface area (Å²) in [5.41, 5.74) is 2.69. The van der Waals surface area contributed by atoms with Gasteiger partial charge in [0.2, 0.25) is 0 Å². The van der Waals surface area contributed by atoms with Gasteiger partial charge in [0, 0.05) is 11.1 Å². The summed E-state index contributed by atoms with van der Waals surface area (Å²) in [6.07, 6.45) is 3.21. The molecular formula is C24H20O4. The van der Waals surface area contributed by atoms with Crippen LogP contribution in [0.5, 0.6) is 11.5 Å². The highest BCUT2D eigenvalue weighted by molar-refractivity contribution is 6.07. The average Bonchev–Trinajstić information content (AvgIpc) is 2.73. The van der Waals surface area contributed by atoms with Gasteiger partial charge in [0.1, 0.15) is 11.5 Å². The summed E-state index contributed by atoms with van der Waals surface area (Å²) >= 11 is 0. The molecule has 0 N–H and O–H groups in total. The lowest BCUT2D eigenvalue weighted by atomic mass is 10.1. The fourth-order valence-electron chi connectivity index (χ4n) is 2.72. The number of carbonyl (C=O) groups is 2. The molecule has 3 rings (SSSR count). The number of allylic oxidation sites excluding steroid dienone is 1. The molecule has 0 spiro atoms. The Balaban J connectivity index is 1.68. The van der Waals surface area contributed by atoms with E-state index in [1.165, 1.54) is 6.08 Å². The maximum Gasteiger partial charge on any atom is 0.343 e. The Morgan fingerprint density at radius 2 is 1.54 bits per heavy atom. The SMILES string of the molecule is COc1ccccc1C=CC(=O)c1ccc(OC(=O)c2ccccc2C)cc1. The molecule has 0 saturated heterocycles. The number of ether oxygens (including phenoxy) is 2. The second-order valence-electron chi connectivity index (χ2n) is 6.17. The van der Waals surface area contributed by atoms with Gasteiger partial charge in [-0.3, -0.25) is 4.79 Å². The van der Waals surface area contributed by atoms with Crippen LogP contribution in [-0.2, 0) is 0 Å². The van der Waals surface area contributed by atoms with Crippen LogP contribution in [0.2, 0.25) is 0 Å². The zero-order chi connectivity index (χ0) is 19.9. The van der Waals surface area contributed by atoms with Crippen LogP contribution >= 0.6 is 0 Å². The standard InChI is InChI=1S/C24H20O4/c1-17-7-3-5-9-21(17)24(26)28-20-14-11-18(12-15-20)22(25)16-13-19-8-4-6-10-23(19)27-2/h3-16H,1-2H3. The predicted molar refractivity (Wildman–Crippen MR) is 109 cm³/mol. The van der Waals surface area contributed by atoms with E-state index in [0.29, 0.717) is 22.6 Å². The second kappa shape index (κ2) is 8.82. The Kier molecular flexibility index (Phi) is 6.02. The minimum Gasteiger partial charge on any atom is -0.496 e. The van der Waals surface area contributed by atoms with Gasteiger partial charge < -0.3 is 9.47 Å². The maximum absolute atomic E-state index is 12.4. The van der Waals surface area contributed by atoms with Crippen LogP contribution in [0.15, 0.2) is 78.9 Å². The van der Waals surface area contributed by atoms with Gasteiger partial charge in [-0.1, -0.05) is 36.4 Å². The molecule has 0 heterocycles. The number of benzene rings is 3. The van der Waals surface area contributed by atoms with E-state index in [1.54, 1.807) is 49.6 Å². The van der Waals surface area contributed by atoms with E-state index in [1.807, 2.05) is 43.3 Å². The van der Waals surface area contributed by atoms with Gasteiger partial charge in [-0.05, 0) is 61.0 Å². The van der Waals surface area contributed by atoms with E-state index in [-0.39, 0.29) is 5.78 Å². The molecule has 0 radical (unpaired) electrons. The van der Waals surface area contributed by atoms with E-state index in [0.717, 1.165) is 11.1 Å². The minimum absolute atomic E-state index is 0.150. The summed E-state index contributed by atoms with van der Waals surface area (Å²) in [5.74, 6) is 0.513. The van der Waals surface area contributed by atoms with Gasteiger partial charge in [-0.2, -0.15) is 0 Å². The Morgan fingerprint density at radius 1 is 0.857 bits per heavy atom. The smallest absolute Gasteiger partial charge is 0.343 e. The van der Waals surface area contributed by atoms with Crippen molar-refractivity contribution in [1.82, 2.24) is 0 Å². The Bertz CT molecular complexity index is 1020. The molecule has 0 aliphatic rings. The fourth-order valence-corrected chi connectivity index (χ4v) is 2.72. The molecular weight excluding hydrogens is 352 g/mol. The van der Waals surface area contributed by atoms with Crippen molar-refractivity contribution in [1.29, 1.82) is 0 Å². The fraction of sp³-hybridized carbons (Fsp3) is 0.0833. The summed E-state index contributed by atoms with van der Waals surface area (Å²) in [5, 5.41) is 0. The molecule has 0 fully saturated rings. The van der Waals surface area contributed by atoms with Crippen molar-refractivity contribution in [3.05, 3.63) is 101 Å². The molecule has 0 amide bonds. The van der Waals surface area contributed by atoms with Crippen molar-refractivity contribution < 1.29 is 19.1 Å². The first-order valence-electron chi connectivity index (χ1n) is 8.82. The molecule has 3 aromatic carbocycles. The van der Waals surface area contributed by atoms with Gasteiger partial charge in [0.05, 0.1) is 12.7 Å². The molecule has 140 valence electrons. The first-order valence-corrected chi connectivity index (χ1v) is 8.82. The van der Waals surface area contributed by atoms with Crippen molar-refractivity contribution in [2.75, 3.05) is 7.11 Å². The zero-order valence-electron chi connectivity index (χ0n) is 15.7. The number of aryl methyl sites for hydroxylation is 1. The molecule has 0 bridgehead atoms. The van der Waals surface area contributed by atoms with E-state index < -0.39 is 5.97 Å². The number of hydrogen-bond acceptors (Lipinski definition) is 4. The predicted octanol–water partition coefficient (Wildman–Crippen LogP) is 5.12. The summed E-state index contributed by atoms with van der Waals surface area (Å²) < 4.78 is 10.7. The summed E-state index contributed by atoms with van der Waals surface area (Å²) in [6.45, 7) is 1.85. The van der Waals surface area contributed by atoms with Crippen LogP contribution in [0.1, 0.15) is 31.8 Å². The summed E-state index contributed by atoms with van der Waals surface area (Å²) in [6, 6.07) is 21.2. The molecule has 4 nitrogen and oxygen atoms in total. The highest BCUT2D eigenvalue weighted by Gasteiger charge is 2.11. The van der Waals surface area contributed by atoms with E-state index >= 15 is 0 Å². The van der Waals surface area contributed by atoms with Crippen molar-refractivity contribution in [3.63, 3.8) is 0 Å². The molecule has 3 aromatic rings. The zero-order valence-corrected chi connectivity index (χ0v) is 15.7. The van der Waals surface area contributed by atoms with Crippen LogP contribution in [0.25, 0.3) is 6.08 Å². The van der Waals surface area contributed by atoms with Crippen LogP contribution in [0.4, 0.5) is 0 Å². The minimum atomic E-state index is -0.423. The topological polar surface area (TPSA) is 52.6 Å². The first-order chi connectivity index (χ1) is 13.6. The van der Waals surface area contributed by atoms with Gasteiger partial charge in [-0.15, -0.1) is 0 Å². The molecule has 0 atom stereocenters. The van der Waals surface area contributed by atoms with Gasteiger partial charge >= 0.3 is 5.97 Å². The third-order valence-corrected chi connectivity index (χ3v) is 4.27. The van der Waals surface area contributed by atoms with Crippen LogP contribution in [-0.4, -0.2) is 18.9 Å². The molecule has 0 aliphatic carbocycles.